The highest BCUT2D eigenvalue weighted by atomic mass is 35.5. The zero-order valence-electron chi connectivity index (χ0n) is 17.8. The number of anilines is 2. The fraction of sp³-hybridized carbons (Fsp3) is 0.125. The van der Waals surface area contributed by atoms with Gasteiger partial charge in [0.2, 0.25) is 5.91 Å². The zero-order valence-corrected chi connectivity index (χ0v) is 21.6. The molecule has 2 amide bonds. The van der Waals surface area contributed by atoms with Crippen LogP contribution in [0, 0.1) is 11.7 Å². The predicted molar refractivity (Wildman–Crippen MR) is 139 cm³/mol. The molecule has 1 saturated carbocycles. The molecule has 184 valence electrons. The third kappa shape index (κ3) is 4.74. The molecule has 2 N–H and O–H groups in total. The molecule has 0 spiro atoms. The lowest BCUT2D eigenvalue weighted by molar-refractivity contribution is -0.117. The minimum atomic E-state index is -1.37. The van der Waals surface area contributed by atoms with Gasteiger partial charge in [-0.2, -0.15) is 0 Å². The highest BCUT2D eigenvalue weighted by Crippen LogP contribution is 2.65. The van der Waals surface area contributed by atoms with Crippen molar-refractivity contribution in [3.8, 4) is 0 Å². The number of aromatic nitrogens is 1. The molecule has 0 radical (unpaired) electrons. The Morgan fingerprint density at radius 2 is 1.69 bits per heavy atom. The molecule has 1 aromatic heterocycles. The number of rotatable bonds is 5. The molecule has 4 aromatic rings. The van der Waals surface area contributed by atoms with E-state index in [0.29, 0.717) is 26.7 Å². The van der Waals surface area contributed by atoms with Crippen LogP contribution in [-0.4, -0.2) is 21.1 Å². The second-order valence-electron chi connectivity index (χ2n) is 8.12. The van der Waals surface area contributed by atoms with Crippen molar-refractivity contribution in [1.82, 2.24) is 4.98 Å². The summed E-state index contributed by atoms with van der Waals surface area (Å²) in [5.74, 6) is -3.22. The van der Waals surface area contributed by atoms with Gasteiger partial charge in [0.05, 0.1) is 22.2 Å². The van der Waals surface area contributed by atoms with Crippen LogP contribution in [0.25, 0.3) is 11.1 Å². The summed E-state index contributed by atoms with van der Waals surface area (Å²) in [6, 6.07) is 11.6. The number of hydrogen-bond donors (Lipinski definition) is 2. The summed E-state index contributed by atoms with van der Waals surface area (Å²) >= 11 is 31.2. The minimum Gasteiger partial charge on any atom is -0.443 e. The van der Waals surface area contributed by atoms with E-state index >= 15 is 0 Å². The van der Waals surface area contributed by atoms with Crippen molar-refractivity contribution in [1.29, 1.82) is 0 Å². The molecule has 36 heavy (non-hydrogen) atoms. The fourth-order valence-electron chi connectivity index (χ4n) is 3.98. The van der Waals surface area contributed by atoms with Gasteiger partial charge >= 0.3 is 0 Å². The molecular weight excluding hydrogens is 575 g/mol. The van der Waals surface area contributed by atoms with Gasteiger partial charge < -0.3 is 15.1 Å². The zero-order chi connectivity index (χ0) is 25.8. The average Bonchev–Trinajstić information content (AvgIpc) is 3.12. The number of alkyl halides is 2. The van der Waals surface area contributed by atoms with E-state index < -0.39 is 33.8 Å². The lowest BCUT2D eigenvalue weighted by Gasteiger charge is -2.11. The summed E-state index contributed by atoms with van der Waals surface area (Å²) < 4.78 is 18.2. The molecule has 1 heterocycles. The van der Waals surface area contributed by atoms with Crippen LogP contribution in [0.2, 0.25) is 15.1 Å². The summed E-state index contributed by atoms with van der Waals surface area (Å²) in [7, 11) is 0. The van der Waals surface area contributed by atoms with Gasteiger partial charge in [-0.15, -0.1) is 23.2 Å². The molecule has 0 saturated heterocycles. The molecule has 12 heteroatoms. The predicted octanol–water partition coefficient (Wildman–Crippen LogP) is 7.71. The molecule has 3 aromatic carbocycles. The average molecular weight is 588 g/mol. The number of nitrogens with one attached hydrogen (secondary N) is 2. The Balaban J connectivity index is 1.34. The Morgan fingerprint density at radius 3 is 2.42 bits per heavy atom. The van der Waals surface area contributed by atoms with E-state index in [1.54, 1.807) is 18.2 Å². The van der Waals surface area contributed by atoms with Crippen molar-refractivity contribution in [2.24, 2.45) is 5.92 Å². The molecule has 1 aliphatic rings. The van der Waals surface area contributed by atoms with Gasteiger partial charge in [0.1, 0.15) is 15.7 Å². The lowest BCUT2D eigenvalue weighted by Crippen LogP contribution is -2.18. The van der Waals surface area contributed by atoms with Gasteiger partial charge in [-0.1, -0.05) is 34.8 Å². The summed E-state index contributed by atoms with van der Waals surface area (Å²) in [5.41, 5.74) is 1.37. The van der Waals surface area contributed by atoms with Gasteiger partial charge in [-0.3, -0.25) is 9.59 Å². The van der Waals surface area contributed by atoms with Crippen LogP contribution in [-0.2, 0) is 4.79 Å². The quantitative estimate of drug-likeness (QED) is 0.234. The van der Waals surface area contributed by atoms with Gasteiger partial charge in [0.15, 0.2) is 12.0 Å². The fourth-order valence-corrected chi connectivity index (χ4v) is 5.56. The third-order valence-electron chi connectivity index (χ3n) is 5.73. The standard InChI is InChI=1S/C24H13Cl5FN3O3/c25-11-3-10(4-12(26)5-11)20-21(24(20,28)29)23(35)32-13-1-2-15(27)14(6-13)22(34)33-17-8-19-18(7-16(17)30)31-9-36-19/h1-9,20-21H,(H,32,35)(H,33,34). The maximum Gasteiger partial charge on any atom is 0.257 e. The van der Waals surface area contributed by atoms with Gasteiger partial charge in [-0.25, -0.2) is 9.37 Å². The number of carbonyl (C=O) groups excluding carboxylic acids is 2. The van der Waals surface area contributed by atoms with Crippen molar-refractivity contribution < 1.29 is 18.4 Å². The number of oxazole rings is 1. The van der Waals surface area contributed by atoms with Crippen LogP contribution in [0.5, 0.6) is 0 Å². The summed E-state index contributed by atoms with van der Waals surface area (Å²) in [6.45, 7) is 0. The number of halogens is 6. The molecule has 0 aliphatic heterocycles. The lowest BCUT2D eigenvalue weighted by atomic mass is 10.1. The van der Waals surface area contributed by atoms with Gasteiger partial charge in [0.25, 0.3) is 5.91 Å². The molecule has 0 bridgehead atoms. The van der Waals surface area contributed by atoms with Crippen LogP contribution in [0.15, 0.2) is 59.3 Å². The first kappa shape index (κ1) is 25.1. The highest BCUT2D eigenvalue weighted by Gasteiger charge is 2.67. The second kappa shape index (κ2) is 9.39. The van der Waals surface area contributed by atoms with Crippen LogP contribution >= 0.6 is 58.0 Å². The van der Waals surface area contributed by atoms with E-state index in [-0.39, 0.29) is 22.0 Å². The van der Waals surface area contributed by atoms with Crippen LogP contribution < -0.4 is 10.6 Å². The van der Waals surface area contributed by atoms with Crippen molar-refractivity contribution >= 4 is 92.3 Å². The molecule has 6 nitrogen and oxygen atoms in total. The second-order valence-corrected chi connectivity index (χ2v) is 10.8. The largest absolute Gasteiger partial charge is 0.443 e. The summed E-state index contributed by atoms with van der Waals surface area (Å²) in [4.78, 5) is 29.7. The molecular formula is C24H13Cl5FN3O3. The number of nitrogens with zero attached hydrogens (tertiary/aromatic N) is 1. The third-order valence-corrected chi connectivity index (χ3v) is 7.43. The molecule has 1 aliphatic carbocycles. The van der Waals surface area contributed by atoms with E-state index in [4.69, 9.17) is 62.4 Å². The van der Waals surface area contributed by atoms with Gasteiger partial charge in [-0.05, 0) is 42.0 Å². The summed E-state index contributed by atoms with van der Waals surface area (Å²) in [5, 5.41) is 6.02. The monoisotopic (exact) mass is 585 g/mol. The molecule has 1 fully saturated rings. The number of hydrogen-bond acceptors (Lipinski definition) is 4. The first-order valence-electron chi connectivity index (χ1n) is 10.3. The van der Waals surface area contributed by atoms with Crippen LogP contribution in [0.4, 0.5) is 15.8 Å². The first-order chi connectivity index (χ1) is 17.0. The number of amides is 2. The maximum absolute atomic E-state index is 14.4. The SMILES string of the molecule is O=C(Nc1cc2ocnc2cc1F)c1cc(NC(=O)C2C(c3cc(Cl)cc(Cl)c3)C2(Cl)Cl)ccc1Cl. The van der Waals surface area contributed by atoms with Crippen molar-refractivity contribution in [2.75, 3.05) is 10.6 Å². The topological polar surface area (TPSA) is 84.2 Å². The van der Waals surface area contributed by atoms with Crippen molar-refractivity contribution in [3.63, 3.8) is 0 Å². The van der Waals surface area contributed by atoms with Crippen molar-refractivity contribution in [3.05, 3.63) is 86.9 Å². The normalized spacial score (nSPS) is 18.2. The van der Waals surface area contributed by atoms with E-state index in [1.807, 2.05) is 0 Å². The Morgan fingerprint density at radius 1 is 0.972 bits per heavy atom. The van der Waals surface area contributed by atoms with Crippen molar-refractivity contribution in [2.45, 2.75) is 10.3 Å². The Kier molecular flexibility index (Phi) is 6.55. The number of fused-ring (bicyclic) bond motifs is 1. The number of carbonyl (C=O) groups is 2. The Hall–Kier alpha value is -2.55. The van der Waals surface area contributed by atoms with Gasteiger partial charge in [0, 0.05) is 33.8 Å². The van der Waals surface area contributed by atoms with Crippen LogP contribution in [0.3, 0.4) is 0 Å². The van der Waals surface area contributed by atoms with E-state index in [1.165, 1.54) is 30.7 Å². The Labute approximate surface area is 228 Å². The molecule has 5 rings (SSSR count). The summed E-state index contributed by atoms with van der Waals surface area (Å²) in [6.07, 6.45) is 1.17. The van der Waals surface area contributed by atoms with E-state index in [2.05, 4.69) is 15.6 Å². The highest BCUT2D eigenvalue weighted by molar-refractivity contribution is 6.53. The first-order valence-corrected chi connectivity index (χ1v) is 12.2. The smallest absolute Gasteiger partial charge is 0.257 e. The Bertz CT molecular complexity index is 1520. The number of benzene rings is 3. The molecule has 2 unspecified atom stereocenters. The maximum atomic E-state index is 14.4. The van der Waals surface area contributed by atoms with Crippen LogP contribution in [0.1, 0.15) is 21.8 Å². The molecule has 2 atom stereocenters. The minimum absolute atomic E-state index is 0.00325. The van der Waals surface area contributed by atoms with E-state index in [9.17, 15) is 14.0 Å². The van der Waals surface area contributed by atoms with E-state index in [0.717, 1.165) is 6.07 Å².